The third-order valence-corrected chi connectivity index (χ3v) is 8.16. The molecule has 6 rings (SSSR count). The van der Waals surface area contributed by atoms with Crippen molar-refractivity contribution >= 4 is 16.7 Å². The van der Waals surface area contributed by atoms with Crippen molar-refractivity contribution in [3.63, 3.8) is 0 Å². The second-order valence-corrected chi connectivity index (χ2v) is 10.8. The first-order valence-corrected chi connectivity index (χ1v) is 13.5. The molecular weight excluding hydrogens is 468 g/mol. The minimum atomic E-state index is -0.0194. The van der Waals surface area contributed by atoms with Crippen LogP contribution < -0.4 is 10.4 Å². The van der Waals surface area contributed by atoms with Crippen molar-refractivity contribution in [3.05, 3.63) is 46.8 Å². The Balaban J connectivity index is 1.32. The summed E-state index contributed by atoms with van der Waals surface area (Å²) in [5.74, 6) is 1.68. The largest absolute Gasteiger partial charge is 0.493 e. The Morgan fingerprint density at radius 3 is 2.65 bits per heavy atom. The molecule has 0 aliphatic carbocycles. The van der Waals surface area contributed by atoms with E-state index in [-0.39, 0.29) is 17.6 Å². The normalized spacial score (nSPS) is 18.4. The van der Waals surface area contributed by atoms with E-state index in [1.165, 1.54) is 11.9 Å². The van der Waals surface area contributed by atoms with Gasteiger partial charge in [-0.15, -0.1) is 0 Å². The third kappa shape index (κ3) is 4.55. The maximum atomic E-state index is 13.2. The first-order valence-electron chi connectivity index (χ1n) is 13.5. The lowest BCUT2D eigenvalue weighted by atomic mass is 9.92. The number of H-pyrrole nitrogens is 1. The van der Waals surface area contributed by atoms with Crippen LogP contribution in [0.5, 0.6) is 5.75 Å². The van der Waals surface area contributed by atoms with E-state index in [9.17, 15) is 4.79 Å². The van der Waals surface area contributed by atoms with E-state index in [0.717, 1.165) is 86.6 Å². The standard InChI is InChI=1S/C28H36N6O3/c1-18(2)22-14-25-24(13-23(22)20-12-26(36-3)27-29-17-30-33(27)16-20)31-28(35)34(25)21-4-8-32(9-5-21)15-19-6-10-37-11-7-19/h12-14,16-19,21H,4-11,15H2,1-3H3,(H,31,35). The summed E-state index contributed by atoms with van der Waals surface area (Å²) in [7, 11) is 1.65. The van der Waals surface area contributed by atoms with Gasteiger partial charge in [0.1, 0.15) is 6.33 Å². The smallest absolute Gasteiger partial charge is 0.326 e. The molecule has 2 fully saturated rings. The lowest BCUT2D eigenvalue weighted by Gasteiger charge is -2.35. The Hall–Kier alpha value is -3.17. The number of nitrogens with one attached hydrogen (secondary N) is 1. The Morgan fingerprint density at radius 2 is 1.92 bits per heavy atom. The summed E-state index contributed by atoms with van der Waals surface area (Å²) in [6, 6.07) is 6.53. The molecule has 1 aromatic carbocycles. The van der Waals surface area contributed by atoms with Gasteiger partial charge in [-0.1, -0.05) is 13.8 Å². The van der Waals surface area contributed by atoms with Crippen molar-refractivity contribution in [2.24, 2.45) is 5.92 Å². The maximum absolute atomic E-state index is 13.2. The average molecular weight is 505 g/mol. The number of pyridine rings is 1. The van der Waals surface area contributed by atoms with Gasteiger partial charge >= 0.3 is 5.69 Å². The van der Waals surface area contributed by atoms with Crippen LogP contribution >= 0.6 is 0 Å². The highest BCUT2D eigenvalue weighted by atomic mass is 16.5. The fourth-order valence-electron chi connectivity index (χ4n) is 6.13. The molecular formula is C28H36N6O3. The van der Waals surface area contributed by atoms with E-state index in [1.807, 2.05) is 16.8 Å². The molecule has 0 spiro atoms. The van der Waals surface area contributed by atoms with Gasteiger partial charge in [0.25, 0.3) is 0 Å². The fourth-order valence-corrected chi connectivity index (χ4v) is 6.13. The highest BCUT2D eigenvalue weighted by Crippen LogP contribution is 2.36. The number of piperidine rings is 1. The Bertz CT molecular complexity index is 1450. The number of nitrogens with zero attached hydrogens (tertiary/aromatic N) is 5. The molecule has 0 amide bonds. The summed E-state index contributed by atoms with van der Waals surface area (Å²) in [5, 5.41) is 4.33. The average Bonchev–Trinajstić information content (AvgIpc) is 3.51. The van der Waals surface area contributed by atoms with Crippen LogP contribution in [0.15, 0.2) is 35.5 Å². The van der Waals surface area contributed by atoms with Crippen LogP contribution in [0.4, 0.5) is 0 Å². The van der Waals surface area contributed by atoms with E-state index in [2.05, 4.69) is 45.9 Å². The van der Waals surface area contributed by atoms with Crippen LogP contribution in [0.3, 0.4) is 0 Å². The molecule has 5 heterocycles. The number of ether oxygens (including phenoxy) is 2. The molecule has 0 radical (unpaired) electrons. The van der Waals surface area contributed by atoms with Gasteiger partial charge in [0.15, 0.2) is 11.4 Å². The molecule has 1 N–H and O–H groups in total. The van der Waals surface area contributed by atoms with Gasteiger partial charge < -0.3 is 19.4 Å². The zero-order chi connectivity index (χ0) is 25.5. The Morgan fingerprint density at radius 1 is 1.14 bits per heavy atom. The van der Waals surface area contributed by atoms with Crippen molar-refractivity contribution in [1.82, 2.24) is 29.0 Å². The highest BCUT2D eigenvalue weighted by Gasteiger charge is 2.27. The Kier molecular flexibility index (Phi) is 6.50. The number of benzene rings is 1. The van der Waals surface area contributed by atoms with E-state index in [1.54, 1.807) is 11.6 Å². The molecule has 9 nitrogen and oxygen atoms in total. The number of hydrogen-bond acceptors (Lipinski definition) is 6. The molecule has 2 aliphatic heterocycles. The van der Waals surface area contributed by atoms with Crippen molar-refractivity contribution in [1.29, 1.82) is 0 Å². The molecule has 0 saturated carbocycles. The molecule has 4 aromatic rings. The van der Waals surface area contributed by atoms with Gasteiger partial charge in [0.2, 0.25) is 0 Å². The first kappa shape index (κ1) is 24.2. The van der Waals surface area contributed by atoms with Crippen LogP contribution in [-0.4, -0.2) is 69.0 Å². The molecule has 37 heavy (non-hydrogen) atoms. The summed E-state index contributed by atoms with van der Waals surface area (Å²) < 4.78 is 14.9. The number of imidazole rings is 1. The van der Waals surface area contributed by atoms with E-state index < -0.39 is 0 Å². The molecule has 0 unspecified atom stereocenters. The summed E-state index contributed by atoms with van der Waals surface area (Å²) in [6.07, 6.45) is 7.82. The van der Waals surface area contributed by atoms with Crippen LogP contribution in [0, 0.1) is 5.92 Å². The minimum Gasteiger partial charge on any atom is -0.493 e. The SMILES string of the molecule is COc1cc(-c2cc3[nH]c(=O)n(C4CCN(CC5CCOCC5)CC4)c3cc2C(C)C)cn2ncnc12. The van der Waals surface area contributed by atoms with Crippen molar-refractivity contribution < 1.29 is 9.47 Å². The van der Waals surface area contributed by atoms with Crippen LogP contribution in [0.2, 0.25) is 0 Å². The van der Waals surface area contributed by atoms with Gasteiger partial charge in [-0.2, -0.15) is 5.10 Å². The monoisotopic (exact) mass is 504 g/mol. The van der Waals surface area contributed by atoms with Crippen LogP contribution in [-0.2, 0) is 4.74 Å². The summed E-state index contributed by atoms with van der Waals surface area (Å²) >= 11 is 0. The molecule has 0 bridgehead atoms. The molecule has 9 heteroatoms. The second-order valence-electron chi connectivity index (χ2n) is 10.8. The zero-order valence-corrected chi connectivity index (χ0v) is 21.9. The lowest BCUT2D eigenvalue weighted by Crippen LogP contribution is -2.40. The van der Waals surface area contributed by atoms with Crippen molar-refractivity contribution in [2.75, 3.05) is 40.0 Å². The molecule has 196 valence electrons. The molecule has 2 aliphatic rings. The topological polar surface area (TPSA) is 89.7 Å². The number of aromatic nitrogens is 5. The second kappa shape index (κ2) is 9.95. The fraction of sp³-hybridized carbons (Fsp3) is 0.536. The van der Waals surface area contributed by atoms with Crippen molar-refractivity contribution in [3.8, 4) is 16.9 Å². The minimum absolute atomic E-state index is 0.0194. The summed E-state index contributed by atoms with van der Waals surface area (Å²) in [6.45, 7) is 9.40. The van der Waals surface area contributed by atoms with Crippen molar-refractivity contribution in [2.45, 2.75) is 51.5 Å². The number of aromatic amines is 1. The van der Waals surface area contributed by atoms with Crippen LogP contribution in [0.25, 0.3) is 27.8 Å². The summed E-state index contributed by atoms with van der Waals surface area (Å²) in [5.41, 5.74) is 5.77. The third-order valence-electron chi connectivity index (χ3n) is 8.16. The predicted molar refractivity (Wildman–Crippen MR) is 143 cm³/mol. The number of rotatable bonds is 6. The number of fused-ring (bicyclic) bond motifs is 2. The van der Waals surface area contributed by atoms with Gasteiger partial charge in [-0.25, -0.2) is 14.3 Å². The van der Waals surface area contributed by atoms with Gasteiger partial charge in [0.05, 0.1) is 18.1 Å². The van der Waals surface area contributed by atoms with Gasteiger partial charge in [-0.3, -0.25) is 4.57 Å². The van der Waals surface area contributed by atoms with E-state index in [4.69, 9.17) is 9.47 Å². The number of hydrogen-bond donors (Lipinski definition) is 1. The predicted octanol–water partition coefficient (Wildman–Crippen LogP) is 4.23. The number of likely N-dealkylation sites (tertiary alicyclic amines) is 1. The first-order chi connectivity index (χ1) is 18.0. The zero-order valence-electron chi connectivity index (χ0n) is 21.9. The number of methoxy groups -OCH3 is 1. The lowest BCUT2D eigenvalue weighted by molar-refractivity contribution is 0.0472. The maximum Gasteiger partial charge on any atom is 0.326 e. The quantitative estimate of drug-likeness (QED) is 0.423. The van der Waals surface area contributed by atoms with Gasteiger partial charge in [-0.05, 0) is 66.8 Å². The summed E-state index contributed by atoms with van der Waals surface area (Å²) in [4.78, 5) is 23.3. The molecule has 2 saturated heterocycles. The highest BCUT2D eigenvalue weighted by molar-refractivity contribution is 5.85. The van der Waals surface area contributed by atoms with Gasteiger partial charge in [0, 0.05) is 50.7 Å². The Labute approximate surface area is 216 Å². The molecule has 3 aromatic heterocycles. The van der Waals surface area contributed by atoms with E-state index >= 15 is 0 Å². The molecule has 0 atom stereocenters. The van der Waals surface area contributed by atoms with E-state index in [0.29, 0.717) is 11.4 Å². The van der Waals surface area contributed by atoms with Crippen LogP contribution in [0.1, 0.15) is 57.1 Å².